The lowest BCUT2D eigenvalue weighted by molar-refractivity contribution is -0.617. The van der Waals surface area contributed by atoms with Crippen LogP contribution in [-0.4, -0.2) is 4.92 Å². The van der Waals surface area contributed by atoms with Gasteiger partial charge in [-0.05, 0) is 18.2 Å². The van der Waals surface area contributed by atoms with Crippen LogP contribution in [0.25, 0.3) is 21.8 Å². The molecule has 0 aliphatic carbocycles. The largest absolute Gasteiger partial charge is 0.354 e. The number of aromatic nitrogens is 1. The average molecular weight is 330 g/mol. The second-order valence-electron chi connectivity index (χ2n) is 5.90. The summed E-state index contributed by atoms with van der Waals surface area (Å²) in [5, 5.41) is 16.5. The molecule has 1 aromatic heterocycles. The number of nitrogens with one attached hydrogen (secondary N) is 1. The van der Waals surface area contributed by atoms with Crippen molar-refractivity contribution >= 4 is 38.9 Å². The van der Waals surface area contributed by atoms with Gasteiger partial charge < -0.3 is 5.32 Å². The van der Waals surface area contributed by atoms with E-state index >= 15 is 0 Å². The zero-order valence-corrected chi connectivity index (χ0v) is 13.6. The average Bonchev–Trinajstić information content (AvgIpc) is 2.65. The lowest BCUT2D eigenvalue weighted by atomic mass is 10.1. The Labute approximate surface area is 144 Å². The number of nitrogens with zero attached hydrogens (tertiary/aromatic N) is 2. The van der Waals surface area contributed by atoms with Crippen molar-refractivity contribution in [2.24, 2.45) is 7.05 Å². The predicted molar refractivity (Wildman–Crippen MR) is 99.0 cm³/mol. The quantitative estimate of drug-likeness (QED) is 0.261. The van der Waals surface area contributed by atoms with Crippen LogP contribution in [0.15, 0.2) is 72.8 Å². The molecule has 0 fully saturated rings. The molecule has 4 aromatic rings. The summed E-state index contributed by atoms with van der Waals surface area (Å²) in [6.07, 6.45) is 0. The number of non-ortho nitro benzene ring substituents is 1. The van der Waals surface area contributed by atoms with E-state index in [4.69, 9.17) is 0 Å². The maximum Gasteiger partial charge on any atom is 0.270 e. The fraction of sp³-hybridized carbons (Fsp3) is 0.0500. The van der Waals surface area contributed by atoms with Gasteiger partial charge in [0.15, 0.2) is 0 Å². The molecule has 25 heavy (non-hydrogen) atoms. The molecular weight excluding hydrogens is 314 g/mol. The second-order valence-corrected chi connectivity index (χ2v) is 5.90. The molecule has 5 heteroatoms. The number of nitro benzene ring substituents is 1. The third-order valence-corrected chi connectivity index (χ3v) is 4.40. The molecule has 0 amide bonds. The van der Waals surface area contributed by atoms with Gasteiger partial charge >= 0.3 is 0 Å². The molecule has 5 nitrogen and oxygen atoms in total. The Bertz CT molecular complexity index is 1110. The summed E-state index contributed by atoms with van der Waals surface area (Å²) < 4.78 is 2.06. The second kappa shape index (κ2) is 5.87. The van der Waals surface area contributed by atoms with Crippen LogP contribution < -0.4 is 9.88 Å². The molecule has 1 N–H and O–H groups in total. The van der Waals surface area contributed by atoms with Crippen LogP contribution >= 0.6 is 0 Å². The van der Waals surface area contributed by atoms with Crippen molar-refractivity contribution in [2.45, 2.75) is 0 Å². The first-order valence-electron chi connectivity index (χ1n) is 7.96. The summed E-state index contributed by atoms with van der Waals surface area (Å²) >= 11 is 0. The van der Waals surface area contributed by atoms with Crippen molar-refractivity contribution in [2.75, 3.05) is 5.32 Å². The lowest BCUT2D eigenvalue weighted by Crippen LogP contribution is -2.30. The Morgan fingerprint density at radius 1 is 0.880 bits per heavy atom. The third-order valence-electron chi connectivity index (χ3n) is 4.40. The van der Waals surface area contributed by atoms with E-state index in [9.17, 15) is 10.1 Å². The van der Waals surface area contributed by atoms with Gasteiger partial charge in [-0.25, -0.2) is 0 Å². The van der Waals surface area contributed by atoms with Crippen molar-refractivity contribution in [3.63, 3.8) is 0 Å². The van der Waals surface area contributed by atoms with Crippen molar-refractivity contribution in [1.82, 2.24) is 0 Å². The zero-order valence-electron chi connectivity index (χ0n) is 13.6. The van der Waals surface area contributed by atoms with E-state index in [0.717, 1.165) is 33.2 Å². The highest BCUT2D eigenvalue weighted by molar-refractivity contribution is 6.06. The SMILES string of the molecule is C[n+]1c2ccccc2c(Nc2ccccc2)c2cc([N+](=O)[O-])ccc21. The number of pyridine rings is 1. The standard InChI is InChI=1S/C20H15N3O2/c1-22-18-10-6-5-9-16(18)20(21-14-7-3-2-4-8-14)17-13-15(23(24)25)11-12-19(17)22/h2-13H,1H3/p+1. The monoisotopic (exact) mass is 330 g/mol. The highest BCUT2D eigenvalue weighted by Gasteiger charge is 2.20. The Kier molecular flexibility index (Phi) is 3.54. The van der Waals surface area contributed by atoms with Gasteiger partial charge in [-0.2, -0.15) is 4.57 Å². The fourth-order valence-electron chi connectivity index (χ4n) is 3.18. The summed E-state index contributed by atoms with van der Waals surface area (Å²) in [5.41, 5.74) is 3.89. The summed E-state index contributed by atoms with van der Waals surface area (Å²) in [6.45, 7) is 0. The number of fused-ring (bicyclic) bond motifs is 2. The molecule has 0 aliphatic rings. The van der Waals surface area contributed by atoms with E-state index in [0.29, 0.717) is 0 Å². The first kappa shape index (κ1) is 15.1. The maximum absolute atomic E-state index is 11.2. The van der Waals surface area contributed by atoms with Gasteiger partial charge in [0.25, 0.3) is 5.69 Å². The van der Waals surface area contributed by atoms with Crippen LogP contribution in [0.5, 0.6) is 0 Å². The summed E-state index contributed by atoms with van der Waals surface area (Å²) in [6, 6.07) is 22.8. The topological polar surface area (TPSA) is 59.0 Å². The smallest absolute Gasteiger partial charge is 0.270 e. The molecule has 1 heterocycles. The molecule has 0 unspecified atom stereocenters. The first-order valence-corrected chi connectivity index (χ1v) is 7.96. The molecule has 0 bridgehead atoms. The molecule has 0 aliphatic heterocycles. The predicted octanol–water partition coefficient (Wildman–Crippen LogP) is 4.47. The summed E-state index contributed by atoms with van der Waals surface area (Å²) in [5.74, 6) is 0. The normalized spacial score (nSPS) is 10.9. The fourth-order valence-corrected chi connectivity index (χ4v) is 3.18. The van der Waals surface area contributed by atoms with Crippen molar-refractivity contribution in [3.05, 3.63) is 82.9 Å². The molecular formula is C20H16N3O2+. The molecule has 0 radical (unpaired) electrons. The molecule has 0 atom stereocenters. The Morgan fingerprint density at radius 3 is 2.32 bits per heavy atom. The number of rotatable bonds is 3. The van der Waals surface area contributed by atoms with Crippen molar-refractivity contribution in [1.29, 1.82) is 0 Å². The van der Waals surface area contributed by atoms with Crippen LogP contribution in [0.3, 0.4) is 0 Å². The van der Waals surface area contributed by atoms with Crippen LogP contribution in [0.4, 0.5) is 17.1 Å². The van der Waals surface area contributed by atoms with Crippen LogP contribution in [-0.2, 0) is 7.05 Å². The van der Waals surface area contributed by atoms with E-state index in [-0.39, 0.29) is 10.6 Å². The number of nitro groups is 1. The molecule has 4 rings (SSSR count). The minimum Gasteiger partial charge on any atom is -0.354 e. The highest BCUT2D eigenvalue weighted by Crippen LogP contribution is 2.33. The van der Waals surface area contributed by atoms with Gasteiger partial charge in [-0.3, -0.25) is 10.1 Å². The van der Waals surface area contributed by atoms with E-state index in [1.165, 1.54) is 0 Å². The number of hydrogen-bond acceptors (Lipinski definition) is 3. The molecule has 122 valence electrons. The lowest BCUT2D eigenvalue weighted by Gasteiger charge is -2.12. The van der Waals surface area contributed by atoms with Gasteiger partial charge in [0.05, 0.1) is 21.4 Å². The number of para-hydroxylation sites is 2. The van der Waals surface area contributed by atoms with Crippen LogP contribution in [0, 0.1) is 10.1 Å². The van der Waals surface area contributed by atoms with E-state index in [1.54, 1.807) is 18.2 Å². The van der Waals surface area contributed by atoms with E-state index in [2.05, 4.69) is 9.88 Å². The Hall–Kier alpha value is -3.47. The first-order chi connectivity index (χ1) is 12.1. The minimum atomic E-state index is -0.360. The number of aryl methyl sites for hydroxylation is 1. The van der Waals surface area contributed by atoms with Gasteiger partial charge in [0, 0.05) is 30.0 Å². The van der Waals surface area contributed by atoms with Crippen molar-refractivity contribution < 1.29 is 9.49 Å². The highest BCUT2D eigenvalue weighted by atomic mass is 16.6. The van der Waals surface area contributed by atoms with Crippen LogP contribution in [0.1, 0.15) is 0 Å². The summed E-state index contributed by atoms with van der Waals surface area (Å²) in [7, 11) is 1.97. The number of benzene rings is 3. The summed E-state index contributed by atoms with van der Waals surface area (Å²) in [4.78, 5) is 10.9. The van der Waals surface area contributed by atoms with Gasteiger partial charge in [0.2, 0.25) is 11.0 Å². The maximum atomic E-state index is 11.2. The zero-order chi connectivity index (χ0) is 17.4. The van der Waals surface area contributed by atoms with Crippen molar-refractivity contribution in [3.8, 4) is 0 Å². The number of anilines is 2. The van der Waals surface area contributed by atoms with E-state index < -0.39 is 0 Å². The Balaban J connectivity index is 2.08. The molecule has 0 saturated carbocycles. The van der Waals surface area contributed by atoms with Gasteiger partial charge in [0.1, 0.15) is 7.05 Å². The molecule has 0 spiro atoms. The molecule has 3 aromatic carbocycles. The minimum absolute atomic E-state index is 0.0823. The molecule has 0 saturated heterocycles. The van der Waals surface area contributed by atoms with Crippen LogP contribution in [0.2, 0.25) is 0 Å². The Morgan fingerprint density at radius 2 is 1.56 bits per heavy atom. The number of hydrogen-bond donors (Lipinski definition) is 1. The third kappa shape index (κ3) is 2.55. The van der Waals surface area contributed by atoms with Gasteiger partial charge in [-0.1, -0.05) is 30.3 Å². The van der Waals surface area contributed by atoms with E-state index in [1.807, 2.05) is 61.6 Å². The van der Waals surface area contributed by atoms with Gasteiger partial charge in [-0.15, -0.1) is 0 Å².